The first-order valence-electron chi connectivity index (χ1n) is 4.97. The number of nitrogens with zero attached hydrogens (tertiary/aromatic N) is 1. The lowest BCUT2D eigenvalue weighted by atomic mass is 9.90. The predicted octanol–water partition coefficient (Wildman–Crippen LogP) is -1.91. The molecule has 0 bridgehead atoms. The van der Waals surface area contributed by atoms with E-state index < -0.39 is 42.9 Å². The summed E-state index contributed by atoms with van der Waals surface area (Å²) in [4.78, 5) is 11.6. The third kappa shape index (κ3) is 2.40. The molecule has 1 rings (SSSR count). The van der Waals surface area contributed by atoms with Crippen molar-refractivity contribution in [2.24, 2.45) is 0 Å². The van der Waals surface area contributed by atoms with Crippen molar-refractivity contribution in [3.8, 4) is 0 Å². The van der Waals surface area contributed by atoms with Gasteiger partial charge in [-0.3, -0.25) is 4.79 Å². The summed E-state index contributed by atoms with van der Waals surface area (Å²) in [7, 11) is 2.55. The molecular weight excluding hydrogens is 242 g/mol. The molecule has 0 spiro atoms. The third-order valence-corrected chi connectivity index (χ3v) is 2.94. The van der Waals surface area contributed by atoms with Gasteiger partial charge in [0, 0.05) is 13.1 Å². The van der Waals surface area contributed by atoms with E-state index in [2.05, 4.69) is 0 Å². The summed E-state index contributed by atoms with van der Waals surface area (Å²) in [5, 5.41) is 18.6. The smallest absolute Gasteiger partial charge is 0.394 e. The molecule has 9 heteroatoms. The Hall–Kier alpha value is -0.795. The van der Waals surface area contributed by atoms with E-state index in [1.807, 2.05) is 0 Å². The Balaban J connectivity index is 3.01. The van der Waals surface area contributed by atoms with Crippen LogP contribution in [-0.2, 0) is 9.53 Å². The van der Waals surface area contributed by atoms with E-state index in [-0.39, 0.29) is 0 Å². The molecule has 1 aliphatic rings. The SMILES string of the molecule is B[C@H]1[C@@H](OC)[C@H](O)[C@@H](CO)N1C(=O)C(F)(F)F. The van der Waals surface area contributed by atoms with Crippen molar-refractivity contribution < 1.29 is 32.9 Å². The molecule has 5 nitrogen and oxygen atoms in total. The lowest BCUT2D eigenvalue weighted by Gasteiger charge is -2.28. The molecule has 1 saturated heterocycles. The van der Waals surface area contributed by atoms with Crippen molar-refractivity contribution in [1.82, 2.24) is 4.90 Å². The molecular formula is C8H13BF3NO4. The average molecular weight is 255 g/mol. The van der Waals surface area contributed by atoms with E-state index >= 15 is 0 Å². The first-order valence-corrected chi connectivity index (χ1v) is 4.97. The van der Waals surface area contributed by atoms with Crippen LogP contribution in [-0.4, -0.2) is 73.0 Å². The molecule has 98 valence electrons. The summed E-state index contributed by atoms with van der Waals surface area (Å²) >= 11 is 0. The van der Waals surface area contributed by atoms with Crippen molar-refractivity contribution >= 4 is 13.8 Å². The van der Waals surface area contributed by atoms with Crippen molar-refractivity contribution in [1.29, 1.82) is 0 Å². The molecule has 0 aromatic rings. The summed E-state index contributed by atoms with van der Waals surface area (Å²) < 4.78 is 41.9. The van der Waals surface area contributed by atoms with Crippen molar-refractivity contribution in [3.05, 3.63) is 0 Å². The second-order valence-electron chi connectivity index (χ2n) is 3.89. The number of carbonyl (C=O) groups excluding carboxylic acids is 1. The monoisotopic (exact) mass is 255 g/mol. The van der Waals surface area contributed by atoms with E-state index in [1.165, 1.54) is 15.0 Å². The number of amides is 1. The molecule has 2 N–H and O–H groups in total. The number of aliphatic hydroxyl groups excluding tert-OH is 2. The molecule has 17 heavy (non-hydrogen) atoms. The van der Waals surface area contributed by atoms with Crippen LogP contribution in [0, 0.1) is 0 Å². The molecule has 4 atom stereocenters. The van der Waals surface area contributed by atoms with Gasteiger partial charge in [0.25, 0.3) is 0 Å². The van der Waals surface area contributed by atoms with Crippen LogP contribution in [0.25, 0.3) is 0 Å². The fourth-order valence-corrected chi connectivity index (χ4v) is 2.14. The number of hydrogen-bond donors (Lipinski definition) is 2. The van der Waals surface area contributed by atoms with Gasteiger partial charge in [0.1, 0.15) is 14.0 Å². The Bertz CT molecular complexity index is 301. The van der Waals surface area contributed by atoms with Gasteiger partial charge in [-0.15, -0.1) is 0 Å². The van der Waals surface area contributed by atoms with Gasteiger partial charge in [-0.2, -0.15) is 13.2 Å². The minimum absolute atomic E-state index is 0.429. The Morgan fingerprint density at radius 2 is 2.06 bits per heavy atom. The summed E-state index contributed by atoms with van der Waals surface area (Å²) in [5.41, 5.74) is 0. The lowest BCUT2D eigenvalue weighted by Crippen LogP contribution is -2.51. The zero-order valence-electron chi connectivity index (χ0n) is 9.31. The fourth-order valence-electron chi connectivity index (χ4n) is 2.14. The highest BCUT2D eigenvalue weighted by molar-refractivity contribution is 6.14. The highest BCUT2D eigenvalue weighted by Gasteiger charge is 2.54. The van der Waals surface area contributed by atoms with E-state index in [4.69, 9.17) is 9.84 Å². The largest absolute Gasteiger partial charge is 0.471 e. The maximum atomic E-state index is 12.3. The molecule has 0 unspecified atom stereocenters. The van der Waals surface area contributed by atoms with E-state index in [1.54, 1.807) is 0 Å². The zero-order valence-corrected chi connectivity index (χ0v) is 9.31. The van der Waals surface area contributed by atoms with Gasteiger partial charge in [-0.1, -0.05) is 0 Å². The molecule has 1 heterocycles. The number of rotatable bonds is 2. The Morgan fingerprint density at radius 1 is 1.53 bits per heavy atom. The highest BCUT2D eigenvalue weighted by atomic mass is 19.4. The molecule has 1 fully saturated rings. The second kappa shape index (κ2) is 4.83. The molecule has 0 aliphatic carbocycles. The number of halogens is 3. The summed E-state index contributed by atoms with van der Waals surface area (Å²) in [6, 6.07) is -1.30. The third-order valence-electron chi connectivity index (χ3n) is 2.94. The van der Waals surface area contributed by atoms with Gasteiger partial charge in [0.05, 0.1) is 18.8 Å². The molecule has 0 saturated carbocycles. The molecule has 1 amide bonds. The molecule has 0 radical (unpaired) electrons. The van der Waals surface area contributed by atoms with E-state index in [9.17, 15) is 23.1 Å². The second-order valence-corrected chi connectivity index (χ2v) is 3.89. The number of carbonyl (C=O) groups is 1. The highest BCUT2D eigenvalue weighted by Crippen LogP contribution is 2.30. The van der Waals surface area contributed by atoms with Gasteiger partial charge in [0.2, 0.25) is 0 Å². The molecule has 1 aliphatic heterocycles. The number of likely N-dealkylation sites (tertiary alicyclic amines) is 1. The number of aliphatic hydroxyl groups is 2. The standard InChI is InChI=1S/C8H13BF3NO4/c1-17-5-4(15)3(2-14)13(6(5)9)7(16)8(10,11)12/h3-6,14-15H,2,9H2,1H3/t3-,4-,5+,6-/m1/s1. The van der Waals surface area contributed by atoms with Crippen LogP contribution in [0.4, 0.5) is 13.2 Å². The van der Waals surface area contributed by atoms with Crippen LogP contribution < -0.4 is 0 Å². The summed E-state index contributed by atoms with van der Waals surface area (Å²) in [6.45, 7) is -0.757. The number of alkyl halides is 3. The Morgan fingerprint density at radius 3 is 2.41 bits per heavy atom. The van der Waals surface area contributed by atoms with Crippen LogP contribution in [0.3, 0.4) is 0 Å². The van der Waals surface area contributed by atoms with Gasteiger partial charge >= 0.3 is 12.1 Å². The topological polar surface area (TPSA) is 70.0 Å². The summed E-state index contributed by atoms with van der Waals surface area (Å²) in [5.74, 6) is -3.04. The minimum Gasteiger partial charge on any atom is -0.394 e. The maximum absolute atomic E-state index is 12.3. The Labute approximate surface area is 96.6 Å². The maximum Gasteiger partial charge on any atom is 0.471 e. The fraction of sp³-hybridized carbons (Fsp3) is 0.875. The van der Waals surface area contributed by atoms with Crippen molar-refractivity contribution in [2.45, 2.75) is 30.4 Å². The van der Waals surface area contributed by atoms with Gasteiger partial charge in [-0.25, -0.2) is 0 Å². The van der Waals surface area contributed by atoms with Crippen LogP contribution in [0.5, 0.6) is 0 Å². The molecule has 0 aromatic heterocycles. The number of methoxy groups -OCH3 is 1. The zero-order chi connectivity index (χ0) is 13.4. The van der Waals surface area contributed by atoms with E-state index in [0.717, 1.165) is 0 Å². The van der Waals surface area contributed by atoms with Gasteiger partial charge in [0.15, 0.2) is 0 Å². The lowest BCUT2D eigenvalue weighted by molar-refractivity contribution is -0.188. The van der Waals surface area contributed by atoms with Crippen LogP contribution in [0.1, 0.15) is 0 Å². The first-order chi connectivity index (χ1) is 7.75. The van der Waals surface area contributed by atoms with Gasteiger partial charge < -0.3 is 19.8 Å². The quantitative estimate of drug-likeness (QED) is 0.565. The predicted molar refractivity (Wildman–Crippen MR) is 52.9 cm³/mol. The van der Waals surface area contributed by atoms with Crippen molar-refractivity contribution in [3.63, 3.8) is 0 Å². The average Bonchev–Trinajstić information content (AvgIpc) is 2.47. The van der Waals surface area contributed by atoms with Crippen molar-refractivity contribution in [2.75, 3.05) is 13.7 Å². The normalized spacial score (nSPS) is 34.1. The summed E-state index contributed by atoms with van der Waals surface area (Å²) in [6.07, 6.45) is -7.32. The minimum atomic E-state index is -5.04. The van der Waals surface area contributed by atoms with Crippen LogP contribution >= 0.6 is 0 Å². The van der Waals surface area contributed by atoms with Gasteiger partial charge in [-0.05, 0) is 0 Å². The van der Waals surface area contributed by atoms with Crippen LogP contribution in [0.15, 0.2) is 0 Å². The van der Waals surface area contributed by atoms with Crippen LogP contribution in [0.2, 0.25) is 0 Å². The molecule has 0 aromatic carbocycles. The van der Waals surface area contributed by atoms with E-state index in [0.29, 0.717) is 4.90 Å². The number of hydrogen-bond acceptors (Lipinski definition) is 4. The Kier molecular flexibility index (Phi) is 4.05. The number of ether oxygens (including phenoxy) is 1. The first kappa shape index (κ1) is 14.3.